The lowest BCUT2D eigenvalue weighted by molar-refractivity contribution is -0.245. The van der Waals surface area contributed by atoms with E-state index >= 15 is 0 Å². The number of hydrogen-bond donors (Lipinski definition) is 6. The highest BCUT2D eigenvalue weighted by Gasteiger charge is 2.52. The summed E-state index contributed by atoms with van der Waals surface area (Å²) in [6.45, 7) is 0.387. The Morgan fingerprint density at radius 1 is 1.11 bits per heavy atom. The quantitative estimate of drug-likeness (QED) is 0.269. The zero-order chi connectivity index (χ0) is 13.6. The van der Waals surface area contributed by atoms with Crippen LogP contribution >= 0.6 is 0 Å². The van der Waals surface area contributed by atoms with Crippen LogP contribution in [0.1, 0.15) is 19.3 Å². The van der Waals surface area contributed by atoms with Crippen LogP contribution in [0.5, 0.6) is 0 Å². The summed E-state index contributed by atoms with van der Waals surface area (Å²) in [5.74, 6) is -2.08. The van der Waals surface area contributed by atoms with Crippen molar-refractivity contribution in [2.75, 3.05) is 26.3 Å². The Morgan fingerprint density at radius 2 is 1.83 bits per heavy atom. The lowest BCUT2D eigenvalue weighted by atomic mass is 10.1. The van der Waals surface area contributed by atoms with Crippen molar-refractivity contribution >= 4 is 0 Å². The first kappa shape index (κ1) is 15.8. The van der Waals surface area contributed by atoms with E-state index in [4.69, 9.17) is 14.9 Å². The average Bonchev–Trinajstić information content (AvgIpc) is 2.59. The van der Waals surface area contributed by atoms with Gasteiger partial charge in [0.2, 0.25) is 5.79 Å². The maximum Gasteiger partial charge on any atom is 0.219 e. The Morgan fingerprint density at radius 3 is 2.39 bits per heavy atom. The summed E-state index contributed by atoms with van der Waals surface area (Å²) < 4.78 is 5.05. The largest absolute Gasteiger partial charge is 0.396 e. The molecule has 1 heterocycles. The molecule has 0 aliphatic carbocycles. The summed E-state index contributed by atoms with van der Waals surface area (Å²) in [6.07, 6.45) is -0.949. The number of unbranched alkanes of at least 4 members (excludes halogenated alkanes) is 2. The fraction of sp³-hybridized carbons (Fsp3) is 1.00. The van der Waals surface area contributed by atoms with Crippen LogP contribution < -0.4 is 5.32 Å². The molecule has 4 atom stereocenters. The van der Waals surface area contributed by atoms with E-state index in [1.807, 2.05) is 0 Å². The van der Waals surface area contributed by atoms with Crippen LogP contribution in [0.2, 0.25) is 0 Å². The smallest absolute Gasteiger partial charge is 0.219 e. The van der Waals surface area contributed by atoms with E-state index in [0.29, 0.717) is 6.54 Å². The van der Waals surface area contributed by atoms with Gasteiger partial charge in [0, 0.05) is 13.2 Å². The van der Waals surface area contributed by atoms with Crippen LogP contribution in [0.25, 0.3) is 0 Å². The highest BCUT2D eigenvalue weighted by Crippen LogP contribution is 2.28. The molecule has 1 fully saturated rings. The zero-order valence-electron chi connectivity index (χ0n) is 10.3. The van der Waals surface area contributed by atoms with E-state index in [1.165, 1.54) is 0 Å². The van der Waals surface area contributed by atoms with Crippen molar-refractivity contribution in [1.82, 2.24) is 5.32 Å². The predicted molar refractivity (Wildman–Crippen MR) is 62.7 cm³/mol. The van der Waals surface area contributed by atoms with Gasteiger partial charge in [-0.25, -0.2) is 0 Å². The average molecular weight is 265 g/mol. The first-order chi connectivity index (χ1) is 8.55. The van der Waals surface area contributed by atoms with Gasteiger partial charge in [-0.05, 0) is 25.8 Å². The molecule has 1 aliphatic heterocycles. The van der Waals surface area contributed by atoms with Gasteiger partial charge < -0.3 is 35.6 Å². The number of aliphatic hydroxyl groups is 5. The van der Waals surface area contributed by atoms with Gasteiger partial charge in [0.1, 0.15) is 18.3 Å². The molecular formula is C11H23NO6. The molecule has 0 aromatic carbocycles. The van der Waals surface area contributed by atoms with Crippen LogP contribution in [0.15, 0.2) is 0 Å². The lowest BCUT2D eigenvalue weighted by Gasteiger charge is -2.22. The molecule has 0 aromatic heterocycles. The molecule has 0 radical (unpaired) electrons. The third kappa shape index (κ3) is 3.86. The minimum atomic E-state index is -2.08. The van der Waals surface area contributed by atoms with Crippen molar-refractivity contribution in [2.45, 2.75) is 43.4 Å². The van der Waals surface area contributed by atoms with Crippen molar-refractivity contribution in [1.29, 1.82) is 0 Å². The standard InChI is InChI=1S/C11H23NO6/c13-5-3-1-2-4-12-6-8-9(15)10(16)11(17,7-14)18-8/h8-10,12-17H,1-7H2/t8-,9+,10-,11+/m1/s1. The molecule has 7 nitrogen and oxygen atoms in total. The molecule has 0 amide bonds. The third-order valence-corrected chi connectivity index (χ3v) is 3.11. The topological polar surface area (TPSA) is 122 Å². The van der Waals surface area contributed by atoms with E-state index in [2.05, 4.69) is 5.32 Å². The summed E-state index contributed by atoms with van der Waals surface area (Å²) >= 11 is 0. The van der Waals surface area contributed by atoms with Gasteiger partial charge in [-0.15, -0.1) is 0 Å². The van der Waals surface area contributed by atoms with Crippen molar-refractivity contribution in [3.05, 3.63) is 0 Å². The van der Waals surface area contributed by atoms with E-state index < -0.39 is 30.7 Å². The molecule has 6 N–H and O–H groups in total. The second-order valence-corrected chi connectivity index (χ2v) is 4.58. The summed E-state index contributed by atoms with van der Waals surface area (Å²) in [4.78, 5) is 0. The molecule has 0 spiro atoms. The number of ether oxygens (including phenoxy) is 1. The van der Waals surface area contributed by atoms with Crippen molar-refractivity contribution in [2.24, 2.45) is 0 Å². The molecule has 0 aromatic rings. The maximum absolute atomic E-state index is 9.65. The molecule has 1 rings (SSSR count). The number of nitrogens with one attached hydrogen (secondary N) is 1. The van der Waals surface area contributed by atoms with Gasteiger partial charge in [-0.2, -0.15) is 0 Å². The van der Waals surface area contributed by atoms with Gasteiger partial charge in [-0.3, -0.25) is 0 Å². The fourth-order valence-corrected chi connectivity index (χ4v) is 1.95. The van der Waals surface area contributed by atoms with Crippen LogP contribution in [-0.4, -0.2) is 75.9 Å². The Bertz CT molecular complexity index is 242. The Balaban J connectivity index is 2.23. The first-order valence-corrected chi connectivity index (χ1v) is 6.24. The van der Waals surface area contributed by atoms with Gasteiger partial charge >= 0.3 is 0 Å². The Kier molecular flexibility index (Phi) is 6.44. The van der Waals surface area contributed by atoms with E-state index in [-0.39, 0.29) is 13.2 Å². The molecule has 0 saturated carbocycles. The van der Waals surface area contributed by atoms with Gasteiger partial charge in [0.05, 0.1) is 6.61 Å². The molecule has 7 heteroatoms. The summed E-state index contributed by atoms with van der Waals surface area (Å²) in [5, 5.41) is 49.3. The van der Waals surface area contributed by atoms with Crippen LogP contribution in [0.3, 0.4) is 0 Å². The SMILES string of the molecule is OCCCCCNC[C@H]1O[C@@](O)(CO)[C@H](O)[C@H]1O. The molecular weight excluding hydrogens is 242 g/mol. The van der Waals surface area contributed by atoms with Gasteiger partial charge in [0.15, 0.2) is 0 Å². The normalized spacial score (nSPS) is 36.2. The third-order valence-electron chi connectivity index (χ3n) is 3.11. The monoisotopic (exact) mass is 265 g/mol. The summed E-state index contributed by atoms with van der Waals surface area (Å²) in [7, 11) is 0. The van der Waals surface area contributed by atoms with E-state index in [1.54, 1.807) is 0 Å². The van der Waals surface area contributed by atoms with Crippen molar-refractivity contribution in [3.8, 4) is 0 Å². The van der Waals surface area contributed by atoms with Crippen molar-refractivity contribution in [3.63, 3.8) is 0 Å². The second kappa shape index (κ2) is 7.34. The maximum atomic E-state index is 9.65. The minimum Gasteiger partial charge on any atom is -0.396 e. The molecule has 1 saturated heterocycles. The van der Waals surface area contributed by atoms with E-state index in [9.17, 15) is 15.3 Å². The highest BCUT2D eigenvalue weighted by molar-refractivity contribution is 4.95. The Hall–Kier alpha value is -0.280. The second-order valence-electron chi connectivity index (χ2n) is 4.58. The van der Waals surface area contributed by atoms with Gasteiger partial charge in [-0.1, -0.05) is 0 Å². The summed E-state index contributed by atoms with van der Waals surface area (Å²) in [5.41, 5.74) is 0. The number of rotatable bonds is 8. The Labute approximate surface area is 106 Å². The summed E-state index contributed by atoms with van der Waals surface area (Å²) in [6, 6.07) is 0. The predicted octanol–water partition coefficient (Wildman–Crippen LogP) is -2.46. The molecule has 0 unspecified atom stereocenters. The first-order valence-electron chi connectivity index (χ1n) is 6.24. The minimum absolute atomic E-state index is 0.181. The molecule has 0 bridgehead atoms. The zero-order valence-corrected chi connectivity index (χ0v) is 10.3. The van der Waals surface area contributed by atoms with Crippen LogP contribution in [-0.2, 0) is 4.74 Å². The van der Waals surface area contributed by atoms with Crippen LogP contribution in [0.4, 0.5) is 0 Å². The van der Waals surface area contributed by atoms with Gasteiger partial charge in [0.25, 0.3) is 0 Å². The van der Waals surface area contributed by atoms with E-state index in [0.717, 1.165) is 19.3 Å². The van der Waals surface area contributed by atoms with Crippen LogP contribution in [0, 0.1) is 0 Å². The number of hydrogen-bond acceptors (Lipinski definition) is 7. The lowest BCUT2D eigenvalue weighted by Crippen LogP contribution is -2.46. The fourth-order valence-electron chi connectivity index (χ4n) is 1.95. The molecule has 1 aliphatic rings. The molecule has 108 valence electrons. The highest BCUT2D eigenvalue weighted by atomic mass is 16.7. The van der Waals surface area contributed by atoms with Crippen molar-refractivity contribution < 1.29 is 30.3 Å². The molecule has 18 heavy (non-hydrogen) atoms. The number of aliphatic hydroxyl groups excluding tert-OH is 4.